The van der Waals surface area contributed by atoms with Gasteiger partial charge in [-0.25, -0.2) is 0 Å². The summed E-state index contributed by atoms with van der Waals surface area (Å²) in [6.07, 6.45) is 0. The molecule has 0 aliphatic heterocycles. The van der Waals surface area contributed by atoms with E-state index in [9.17, 15) is 0 Å². The van der Waals surface area contributed by atoms with E-state index in [-0.39, 0.29) is 24.8 Å². The average molecular weight is 193 g/mol. The van der Waals surface area contributed by atoms with Crippen molar-refractivity contribution in [3.05, 3.63) is 0 Å². The molecule has 0 atom stereocenters. The van der Waals surface area contributed by atoms with E-state index in [1.54, 1.807) is 0 Å². The molecule has 0 fully saturated rings. The van der Waals surface area contributed by atoms with E-state index >= 15 is 0 Å². The number of nitrogens with zero attached hydrogens (tertiary/aromatic N) is 1. The Hall–Kier alpha value is 1.08. The zero-order valence-electron chi connectivity index (χ0n) is 4.26. The standard InChI is InChI=1S/C2H9GeN.2ClH/c1-4(2)3;;/h1-3H3;2*1H. The van der Waals surface area contributed by atoms with Crippen molar-refractivity contribution < 1.29 is 0 Å². The van der Waals surface area contributed by atoms with Crippen LogP contribution in [0.5, 0.6) is 0 Å². The molecule has 0 aliphatic carbocycles. The molecule has 0 unspecified atom stereocenters. The van der Waals surface area contributed by atoms with Crippen LogP contribution in [0.25, 0.3) is 0 Å². The minimum absolute atomic E-state index is 0. The van der Waals surface area contributed by atoms with Crippen molar-refractivity contribution in [1.29, 1.82) is 0 Å². The molecular formula is C2H11Cl2GeN. The normalized spacial score (nSPS) is 6.50. The third kappa shape index (κ3) is 72.3. The van der Waals surface area contributed by atoms with Gasteiger partial charge in [-0.3, -0.25) is 0 Å². The summed E-state index contributed by atoms with van der Waals surface area (Å²) < 4.78 is 2.19. The number of halogens is 2. The number of hydrogen-bond donors (Lipinski definition) is 0. The minimum Gasteiger partial charge on any atom is -0.147 e. The van der Waals surface area contributed by atoms with Gasteiger partial charge >= 0.3 is 34.7 Å². The third-order valence-corrected chi connectivity index (χ3v) is 0. The SMILES string of the molecule is C[N](C)[GeH3].Cl.Cl. The van der Waals surface area contributed by atoms with Crippen LogP contribution < -0.4 is 0 Å². The molecule has 0 rings (SSSR count). The number of hydrogen-bond acceptors (Lipinski definition) is 1. The molecule has 0 aliphatic rings. The Bertz CT molecular complexity index is 16.3. The molecule has 0 heterocycles. The smallest absolute Gasteiger partial charge is 0.147 e. The van der Waals surface area contributed by atoms with Crippen LogP contribution in [-0.4, -0.2) is 34.7 Å². The van der Waals surface area contributed by atoms with Gasteiger partial charge < -0.3 is 0 Å². The molecule has 42 valence electrons. The predicted octanol–water partition coefficient (Wildman–Crippen LogP) is -0.328. The summed E-state index contributed by atoms with van der Waals surface area (Å²) in [4.78, 5) is 0. The van der Waals surface area contributed by atoms with Crippen molar-refractivity contribution in [2.45, 2.75) is 0 Å². The minimum atomic E-state index is 0. The van der Waals surface area contributed by atoms with Gasteiger partial charge in [-0.15, -0.1) is 24.8 Å². The van der Waals surface area contributed by atoms with Crippen LogP contribution in [0, 0.1) is 0 Å². The van der Waals surface area contributed by atoms with E-state index in [0.29, 0.717) is 0 Å². The fourth-order valence-corrected chi connectivity index (χ4v) is 0. The van der Waals surface area contributed by atoms with Crippen LogP contribution in [0.1, 0.15) is 0 Å². The maximum Gasteiger partial charge on any atom is -0.147 e. The fourth-order valence-electron chi connectivity index (χ4n) is 0. The predicted molar refractivity (Wildman–Crippen MR) is 38.1 cm³/mol. The number of rotatable bonds is 0. The van der Waals surface area contributed by atoms with Gasteiger partial charge in [0.1, 0.15) is 0 Å². The Kier molecular flexibility index (Phi) is 24.7. The summed E-state index contributed by atoms with van der Waals surface area (Å²) in [6, 6.07) is 0. The first-order chi connectivity index (χ1) is 1.73. The van der Waals surface area contributed by atoms with E-state index < -0.39 is 0 Å². The van der Waals surface area contributed by atoms with Crippen molar-refractivity contribution in [1.82, 2.24) is 3.86 Å². The second-order valence-electron chi connectivity index (χ2n) is 1.34. The summed E-state index contributed by atoms with van der Waals surface area (Å²) >= 11 is 0.896. The van der Waals surface area contributed by atoms with Crippen molar-refractivity contribution in [2.24, 2.45) is 0 Å². The zero-order chi connectivity index (χ0) is 3.58. The molecule has 0 amide bonds. The first-order valence-electron chi connectivity index (χ1n) is 1.34. The van der Waals surface area contributed by atoms with Crippen molar-refractivity contribution in [2.75, 3.05) is 14.1 Å². The fraction of sp³-hybridized carbons (Fsp3) is 1.00. The monoisotopic (exact) mass is 193 g/mol. The average Bonchev–Trinajstić information content (AvgIpc) is 0.811. The Balaban J connectivity index is -0.0000000450. The summed E-state index contributed by atoms with van der Waals surface area (Å²) in [7, 11) is 4.17. The zero-order valence-corrected chi connectivity index (χ0v) is 10.1. The molecule has 0 aromatic heterocycles. The molecule has 0 N–H and O–H groups in total. The van der Waals surface area contributed by atoms with Gasteiger partial charge in [0, 0.05) is 0 Å². The van der Waals surface area contributed by atoms with E-state index in [0.717, 1.165) is 16.7 Å². The molecule has 0 aromatic rings. The van der Waals surface area contributed by atoms with Crippen LogP contribution in [-0.2, 0) is 0 Å². The van der Waals surface area contributed by atoms with Gasteiger partial charge in [0.2, 0.25) is 0 Å². The quantitative estimate of drug-likeness (QED) is 0.476. The van der Waals surface area contributed by atoms with Crippen molar-refractivity contribution >= 4 is 41.6 Å². The Morgan fingerprint density at radius 2 is 1.17 bits per heavy atom. The Morgan fingerprint density at radius 3 is 1.17 bits per heavy atom. The van der Waals surface area contributed by atoms with Gasteiger partial charge in [0.05, 0.1) is 0 Å². The van der Waals surface area contributed by atoms with E-state index in [1.165, 1.54) is 0 Å². The Morgan fingerprint density at radius 1 is 1.17 bits per heavy atom. The van der Waals surface area contributed by atoms with Crippen molar-refractivity contribution in [3.63, 3.8) is 0 Å². The third-order valence-electron chi connectivity index (χ3n) is 0. The van der Waals surface area contributed by atoms with Gasteiger partial charge in [-0.1, -0.05) is 0 Å². The molecule has 0 saturated heterocycles. The molecule has 4 heteroatoms. The van der Waals surface area contributed by atoms with E-state index in [2.05, 4.69) is 18.0 Å². The van der Waals surface area contributed by atoms with E-state index in [1.807, 2.05) is 0 Å². The second-order valence-corrected chi connectivity index (χ2v) is 5.09. The summed E-state index contributed by atoms with van der Waals surface area (Å²) in [5.41, 5.74) is 0. The molecule has 0 radical (unpaired) electrons. The van der Waals surface area contributed by atoms with Gasteiger partial charge in [-0.2, -0.15) is 0 Å². The topological polar surface area (TPSA) is 3.24 Å². The van der Waals surface area contributed by atoms with Crippen LogP contribution in [0.2, 0.25) is 0 Å². The van der Waals surface area contributed by atoms with Gasteiger partial charge in [0.25, 0.3) is 0 Å². The van der Waals surface area contributed by atoms with Crippen LogP contribution in [0.3, 0.4) is 0 Å². The second kappa shape index (κ2) is 9.43. The molecule has 0 spiro atoms. The molecule has 0 bridgehead atoms. The molecular weight excluding hydrogens is 182 g/mol. The molecule has 0 aromatic carbocycles. The van der Waals surface area contributed by atoms with Crippen LogP contribution >= 0.6 is 24.8 Å². The first kappa shape index (κ1) is 15.7. The van der Waals surface area contributed by atoms with Crippen LogP contribution in [0.4, 0.5) is 0 Å². The molecule has 1 nitrogen and oxygen atoms in total. The van der Waals surface area contributed by atoms with Crippen LogP contribution in [0.15, 0.2) is 0 Å². The molecule has 6 heavy (non-hydrogen) atoms. The van der Waals surface area contributed by atoms with Gasteiger partial charge in [-0.05, 0) is 0 Å². The maximum atomic E-state index is 2.19. The first-order valence-corrected chi connectivity index (χ1v) is 3.22. The maximum absolute atomic E-state index is 2.19. The largest absolute Gasteiger partial charge is 0.147 e. The molecule has 0 saturated carbocycles. The summed E-state index contributed by atoms with van der Waals surface area (Å²) in [6.45, 7) is 0. The van der Waals surface area contributed by atoms with Crippen molar-refractivity contribution in [3.8, 4) is 0 Å². The Labute approximate surface area is 59.7 Å². The van der Waals surface area contributed by atoms with Gasteiger partial charge in [0.15, 0.2) is 0 Å². The summed E-state index contributed by atoms with van der Waals surface area (Å²) in [5, 5.41) is 0. The van der Waals surface area contributed by atoms with E-state index in [4.69, 9.17) is 0 Å². The summed E-state index contributed by atoms with van der Waals surface area (Å²) in [5.74, 6) is 0.